The second-order valence-electron chi connectivity index (χ2n) is 5.93. The zero-order chi connectivity index (χ0) is 14.7. The molecule has 2 aromatic carbocycles. The van der Waals surface area contributed by atoms with Gasteiger partial charge in [-0.2, -0.15) is 0 Å². The first-order valence-corrected chi connectivity index (χ1v) is 7.83. The molecule has 0 aromatic heterocycles. The first-order valence-electron chi connectivity index (χ1n) is 7.83. The Morgan fingerprint density at radius 3 is 2.81 bits per heavy atom. The van der Waals surface area contributed by atoms with Crippen molar-refractivity contribution in [2.45, 2.75) is 32.2 Å². The van der Waals surface area contributed by atoms with Gasteiger partial charge in [0.05, 0.1) is 0 Å². The summed E-state index contributed by atoms with van der Waals surface area (Å²) in [5.74, 6) is 0.372. The number of rotatable bonds is 5. The Kier molecular flexibility index (Phi) is 4.35. The molecule has 0 fully saturated rings. The zero-order valence-corrected chi connectivity index (χ0v) is 12.5. The maximum Gasteiger partial charge on any atom is 0.123 e. The van der Waals surface area contributed by atoms with Gasteiger partial charge < -0.3 is 5.32 Å². The second-order valence-corrected chi connectivity index (χ2v) is 5.93. The van der Waals surface area contributed by atoms with Crippen LogP contribution in [0.5, 0.6) is 0 Å². The average molecular weight is 283 g/mol. The third-order valence-electron chi connectivity index (χ3n) is 4.34. The van der Waals surface area contributed by atoms with E-state index in [1.54, 1.807) is 12.1 Å². The summed E-state index contributed by atoms with van der Waals surface area (Å²) in [7, 11) is 0. The van der Waals surface area contributed by atoms with Gasteiger partial charge in [-0.05, 0) is 60.5 Å². The molecule has 0 spiro atoms. The first kappa shape index (κ1) is 14.3. The van der Waals surface area contributed by atoms with Crippen molar-refractivity contribution in [3.63, 3.8) is 0 Å². The fourth-order valence-corrected chi connectivity index (χ4v) is 3.41. The molecule has 0 aliphatic heterocycles. The van der Waals surface area contributed by atoms with Crippen LogP contribution in [-0.2, 0) is 12.8 Å². The highest BCUT2D eigenvalue weighted by molar-refractivity contribution is 5.36. The highest BCUT2D eigenvalue weighted by Crippen LogP contribution is 2.37. The van der Waals surface area contributed by atoms with Crippen LogP contribution in [0, 0.1) is 11.7 Å². The van der Waals surface area contributed by atoms with Crippen molar-refractivity contribution >= 4 is 0 Å². The van der Waals surface area contributed by atoms with Gasteiger partial charge in [0, 0.05) is 6.04 Å². The molecule has 1 N–H and O–H groups in total. The Bertz CT molecular complexity index is 608. The van der Waals surface area contributed by atoms with E-state index in [4.69, 9.17) is 0 Å². The van der Waals surface area contributed by atoms with Crippen molar-refractivity contribution in [1.29, 1.82) is 0 Å². The van der Waals surface area contributed by atoms with Crippen LogP contribution in [0.4, 0.5) is 4.39 Å². The van der Waals surface area contributed by atoms with E-state index in [2.05, 4.69) is 36.5 Å². The molecule has 1 nitrogen and oxygen atoms in total. The Morgan fingerprint density at radius 2 is 2.00 bits per heavy atom. The minimum absolute atomic E-state index is 0.138. The summed E-state index contributed by atoms with van der Waals surface area (Å²) in [5.41, 5.74) is 3.95. The first-order chi connectivity index (χ1) is 10.3. The van der Waals surface area contributed by atoms with Crippen LogP contribution in [0.1, 0.15) is 36.1 Å². The fraction of sp³-hybridized carbons (Fsp3) is 0.368. The van der Waals surface area contributed by atoms with Crippen LogP contribution in [0.25, 0.3) is 0 Å². The molecule has 0 amide bonds. The third-order valence-corrected chi connectivity index (χ3v) is 4.34. The van der Waals surface area contributed by atoms with Gasteiger partial charge in [0.15, 0.2) is 0 Å². The van der Waals surface area contributed by atoms with E-state index in [1.807, 2.05) is 6.07 Å². The number of nitrogens with one attached hydrogen (secondary N) is 1. The molecular formula is C19H22FN. The van der Waals surface area contributed by atoms with E-state index < -0.39 is 0 Å². The summed E-state index contributed by atoms with van der Waals surface area (Å²) in [6.07, 6.45) is 3.13. The predicted octanol–water partition coefficient (Wildman–Crippen LogP) is 4.28. The topological polar surface area (TPSA) is 12.0 Å². The molecule has 1 aliphatic rings. The Labute approximate surface area is 126 Å². The summed E-state index contributed by atoms with van der Waals surface area (Å²) in [4.78, 5) is 0. The van der Waals surface area contributed by atoms with Gasteiger partial charge in [-0.3, -0.25) is 0 Å². The van der Waals surface area contributed by atoms with Crippen molar-refractivity contribution < 1.29 is 4.39 Å². The van der Waals surface area contributed by atoms with Gasteiger partial charge in [0.25, 0.3) is 0 Å². The number of hydrogen-bond donors (Lipinski definition) is 1. The Balaban J connectivity index is 1.81. The molecule has 0 radical (unpaired) electrons. The molecule has 1 aliphatic carbocycles. The molecular weight excluding hydrogens is 261 g/mol. The summed E-state index contributed by atoms with van der Waals surface area (Å²) in [6.45, 7) is 3.22. The number of hydrogen-bond acceptors (Lipinski definition) is 1. The van der Waals surface area contributed by atoms with Crippen molar-refractivity contribution in [3.8, 4) is 0 Å². The molecule has 0 heterocycles. The van der Waals surface area contributed by atoms with Crippen molar-refractivity contribution in [3.05, 3.63) is 71.0 Å². The van der Waals surface area contributed by atoms with Crippen LogP contribution in [0.2, 0.25) is 0 Å². The maximum absolute atomic E-state index is 13.4. The molecule has 110 valence electrons. The normalized spacial score (nSPS) is 20.5. The second kappa shape index (κ2) is 6.40. The minimum Gasteiger partial charge on any atom is -0.310 e. The Hall–Kier alpha value is -1.67. The van der Waals surface area contributed by atoms with Crippen molar-refractivity contribution in [2.75, 3.05) is 6.54 Å². The molecule has 2 aromatic rings. The number of halogens is 1. The highest BCUT2D eigenvalue weighted by Gasteiger charge is 2.31. The van der Waals surface area contributed by atoms with Gasteiger partial charge in [0.1, 0.15) is 5.82 Å². The molecule has 2 atom stereocenters. The van der Waals surface area contributed by atoms with Crippen LogP contribution in [-0.4, -0.2) is 6.54 Å². The fourth-order valence-electron chi connectivity index (χ4n) is 3.41. The molecule has 0 bridgehead atoms. The number of benzene rings is 2. The minimum atomic E-state index is -0.138. The average Bonchev–Trinajstić information content (AvgIpc) is 2.82. The van der Waals surface area contributed by atoms with Crippen LogP contribution in [0.3, 0.4) is 0 Å². The van der Waals surface area contributed by atoms with E-state index in [0.717, 1.165) is 31.4 Å². The van der Waals surface area contributed by atoms with Crippen LogP contribution in [0.15, 0.2) is 48.5 Å². The van der Waals surface area contributed by atoms with E-state index >= 15 is 0 Å². The zero-order valence-electron chi connectivity index (χ0n) is 12.5. The Morgan fingerprint density at radius 1 is 1.14 bits per heavy atom. The predicted molar refractivity (Wildman–Crippen MR) is 84.8 cm³/mol. The lowest BCUT2D eigenvalue weighted by atomic mass is 9.92. The summed E-state index contributed by atoms with van der Waals surface area (Å²) in [6, 6.07) is 16.1. The van der Waals surface area contributed by atoms with E-state index in [9.17, 15) is 4.39 Å². The lowest BCUT2D eigenvalue weighted by molar-refractivity contribution is 0.386. The summed E-state index contributed by atoms with van der Waals surface area (Å²) >= 11 is 0. The molecule has 0 saturated carbocycles. The van der Waals surface area contributed by atoms with Gasteiger partial charge in [-0.15, -0.1) is 0 Å². The SMILES string of the molecule is CCCNC1c2ccccc2CC1Cc1cccc(F)c1. The van der Waals surface area contributed by atoms with Gasteiger partial charge in [-0.1, -0.05) is 43.3 Å². The van der Waals surface area contributed by atoms with Crippen molar-refractivity contribution in [2.24, 2.45) is 5.92 Å². The number of fused-ring (bicyclic) bond motifs is 1. The quantitative estimate of drug-likeness (QED) is 0.863. The molecule has 3 rings (SSSR count). The standard InChI is InChI=1S/C19H22FN/c1-2-10-21-19-16(11-14-6-5-8-17(20)12-14)13-15-7-3-4-9-18(15)19/h3-9,12,16,19,21H,2,10-11,13H2,1H3. The van der Waals surface area contributed by atoms with E-state index in [0.29, 0.717) is 12.0 Å². The largest absolute Gasteiger partial charge is 0.310 e. The highest BCUT2D eigenvalue weighted by atomic mass is 19.1. The van der Waals surface area contributed by atoms with E-state index in [1.165, 1.54) is 17.2 Å². The lowest BCUT2D eigenvalue weighted by Crippen LogP contribution is -2.27. The third kappa shape index (κ3) is 3.16. The summed E-state index contributed by atoms with van der Waals surface area (Å²) < 4.78 is 13.4. The summed E-state index contributed by atoms with van der Waals surface area (Å²) in [5, 5.41) is 3.68. The molecule has 2 unspecified atom stereocenters. The maximum atomic E-state index is 13.4. The van der Waals surface area contributed by atoms with Gasteiger partial charge in [0.2, 0.25) is 0 Å². The molecule has 0 saturated heterocycles. The molecule has 2 heteroatoms. The smallest absolute Gasteiger partial charge is 0.123 e. The van der Waals surface area contributed by atoms with Crippen LogP contribution >= 0.6 is 0 Å². The van der Waals surface area contributed by atoms with E-state index in [-0.39, 0.29) is 5.82 Å². The van der Waals surface area contributed by atoms with Crippen molar-refractivity contribution in [1.82, 2.24) is 5.32 Å². The van der Waals surface area contributed by atoms with Crippen LogP contribution < -0.4 is 5.32 Å². The molecule has 21 heavy (non-hydrogen) atoms. The van der Waals surface area contributed by atoms with Gasteiger partial charge in [-0.25, -0.2) is 4.39 Å². The van der Waals surface area contributed by atoms with Gasteiger partial charge >= 0.3 is 0 Å². The lowest BCUT2D eigenvalue weighted by Gasteiger charge is -2.22. The monoisotopic (exact) mass is 283 g/mol.